The van der Waals surface area contributed by atoms with Crippen LogP contribution >= 0.6 is 15.9 Å². The second-order valence-corrected chi connectivity index (χ2v) is 23.6. The van der Waals surface area contributed by atoms with Crippen LogP contribution in [0.15, 0.2) is 77.9 Å². The molecule has 1 spiro atoms. The summed E-state index contributed by atoms with van der Waals surface area (Å²) < 4.78 is 51.1. The number of imide groups is 1. The number of aryl methyl sites for hydroxylation is 1. The summed E-state index contributed by atoms with van der Waals surface area (Å²) in [6.07, 6.45) is 12.7. The van der Waals surface area contributed by atoms with Crippen molar-refractivity contribution in [2.24, 2.45) is 12.5 Å². The smallest absolute Gasteiger partial charge is 0.249 e. The first kappa shape index (κ1) is 51.9. The maximum Gasteiger partial charge on any atom is 0.249 e. The Hall–Kier alpha value is -7.22. The number of anilines is 8. The van der Waals surface area contributed by atoms with Crippen LogP contribution < -0.4 is 40.5 Å². The van der Waals surface area contributed by atoms with Gasteiger partial charge in [0, 0.05) is 131 Å². The molecule has 5 aliphatic rings. The van der Waals surface area contributed by atoms with E-state index >= 15 is 4.39 Å². The van der Waals surface area contributed by atoms with Crippen molar-refractivity contribution in [3.8, 4) is 16.9 Å². The molecule has 0 saturated carbocycles. The molecule has 1 unspecified atom stereocenters. The van der Waals surface area contributed by atoms with Gasteiger partial charge in [-0.15, -0.1) is 0 Å². The van der Waals surface area contributed by atoms with E-state index < -0.39 is 33.4 Å². The Labute approximate surface area is 452 Å². The number of nitrogens with zero attached hydrogens (tertiary/aromatic N) is 10. The third-order valence-electron chi connectivity index (χ3n) is 15.4. The van der Waals surface area contributed by atoms with Crippen molar-refractivity contribution in [2.45, 2.75) is 62.6 Å². The zero-order valence-corrected chi connectivity index (χ0v) is 45.1. The molecule has 3 aromatic heterocycles. The molecule has 404 valence electrons. The fraction of sp³-hybridized carbons (Fsp3) is 0.423. The van der Waals surface area contributed by atoms with E-state index in [1.165, 1.54) is 18.5 Å². The summed E-state index contributed by atoms with van der Waals surface area (Å²) >= 11 is 3.55. The lowest BCUT2D eigenvalue weighted by atomic mass is 9.71. The first-order valence-electron chi connectivity index (χ1n) is 25.5. The number of hydrogen-bond donors (Lipinski definition) is 6. The number of ether oxygens (including phenoxy) is 1. The Morgan fingerprint density at radius 2 is 1.68 bits per heavy atom. The molecule has 5 aliphatic heterocycles. The number of nitrogens with one attached hydrogen (secondary N) is 5. The molecule has 5 saturated heterocycles. The SMILES string of the molecule is COc1cc(N2CCC(N3CC4(CN(C(=O)CC5(O)CCN(c6ccc(NC7CCC(=O)NC7=O)cc6F)CC5)C4)C3)CC2)c(-c2cnn(C)c2)cc1Nc1ncc(Br)c(Nc2ccc3nccnc3c2NS(C)(=O)=O)n1. The van der Waals surface area contributed by atoms with E-state index in [-0.39, 0.29) is 41.7 Å². The Bertz CT molecular complexity index is 3390. The van der Waals surface area contributed by atoms with Crippen LogP contribution in [0.4, 0.5) is 50.3 Å². The zero-order valence-electron chi connectivity index (χ0n) is 42.7. The third kappa shape index (κ3) is 11.0. The highest BCUT2D eigenvalue weighted by Gasteiger charge is 2.55. The lowest BCUT2D eigenvalue weighted by molar-refractivity contribution is -0.168. The number of likely N-dealkylation sites (tertiary alicyclic amines) is 2. The number of rotatable bonds is 15. The number of halogens is 2. The highest BCUT2D eigenvalue weighted by atomic mass is 79.9. The van der Waals surface area contributed by atoms with Gasteiger partial charge in [-0.05, 0) is 84.4 Å². The summed E-state index contributed by atoms with van der Waals surface area (Å²) in [6, 6.07) is 12.0. The Morgan fingerprint density at radius 3 is 2.38 bits per heavy atom. The predicted molar refractivity (Wildman–Crippen MR) is 293 cm³/mol. The van der Waals surface area contributed by atoms with Crippen LogP contribution in [0.25, 0.3) is 22.2 Å². The third-order valence-corrected chi connectivity index (χ3v) is 16.5. The van der Waals surface area contributed by atoms with Crippen molar-refractivity contribution in [2.75, 3.05) is 96.2 Å². The van der Waals surface area contributed by atoms with E-state index in [2.05, 4.69) is 71.8 Å². The van der Waals surface area contributed by atoms with Crippen LogP contribution in [-0.2, 0) is 31.5 Å². The summed E-state index contributed by atoms with van der Waals surface area (Å²) in [6.45, 7) is 5.63. The number of aliphatic hydroxyl groups is 1. The number of benzene rings is 3. The maximum atomic E-state index is 15.3. The number of fused-ring (bicyclic) bond motifs is 1. The number of sulfonamides is 1. The normalized spacial score (nSPS) is 19.6. The van der Waals surface area contributed by atoms with Crippen LogP contribution in [0.3, 0.4) is 0 Å². The standard InChI is InChI=1S/C52H59BrFN15O7S/c1-65-26-31(24-58-65)34-21-40(61-50-57-25-35(53)48(63-50)60-38-6-5-37-46(56-15-14-55-37)47(38)64-77(3,74)75)43(76-2)22-42(34)66-16-10-33(11-17-66)68-27-51(28-68)29-69(30-51)45(71)23-52(73)12-18-67(19-13-52)41-8-4-32(20-36(41)54)59-39-7-9-44(70)62-49(39)72/h4-6,8,14-15,20-22,24-26,33,39,59,64,73H,7,9-13,16-19,23,27-30H2,1-3H3,(H,62,70,72)(H2,57,60,61,63). The van der Waals surface area contributed by atoms with Crippen molar-refractivity contribution in [3.05, 3.63) is 83.7 Å². The zero-order chi connectivity index (χ0) is 53.8. The number of piperidine rings is 3. The molecule has 22 nitrogen and oxygen atoms in total. The quantitative estimate of drug-likeness (QED) is 0.0710. The minimum Gasteiger partial charge on any atom is -0.494 e. The van der Waals surface area contributed by atoms with Gasteiger partial charge in [0.1, 0.15) is 28.9 Å². The molecule has 11 rings (SSSR count). The molecule has 25 heteroatoms. The second kappa shape index (κ2) is 20.6. The van der Waals surface area contributed by atoms with Gasteiger partial charge in [0.25, 0.3) is 0 Å². The largest absolute Gasteiger partial charge is 0.494 e. The van der Waals surface area contributed by atoms with Gasteiger partial charge < -0.3 is 40.5 Å². The van der Waals surface area contributed by atoms with Gasteiger partial charge in [0.2, 0.25) is 33.7 Å². The van der Waals surface area contributed by atoms with Gasteiger partial charge in [-0.2, -0.15) is 10.1 Å². The first-order valence-corrected chi connectivity index (χ1v) is 28.2. The average molecular weight is 1140 g/mol. The van der Waals surface area contributed by atoms with Crippen LogP contribution in [-0.4, -0.2) is 154 Å². The van der Waals surface area contributed by atoms with E-state index in [0.717, 1.165) is 62.1 Å². The highest BCUT2D eigenvalue weighted by Crippen LogP contribution is 2.46. The van der Waals surface area contributed by atoms with Crippen LogP contribution in [0.5, 0.6) is 5.75 Å². The van der Waals surface area contributed by atoms with E-state index in [0.29, 0.717) is 101 Å². The summed E-state index contributed by atoms with van der Waals surface area (Å²) in [4.78, 5) is 64.0. The van der Waals surface area contributed by atoms with Crippen molar-refractivity contribution in [3.63, 3.8) is 0 Å². The van der Waals surface area contributed by atoms with Gasteiger partial charge in [-0.3, -0.25) is 44.0 Å². The molecule has 1 atom stereocenters. The second-order valence-electron chi connectivity index (χ2n) is 21.0. The molecular weight excluding hydrogens is 1080 g/mol. The van der Waals surface area contributed by atoms with Crippen LogP contribution in [0, 0.1) is 11.2 Å². The molecule has 0 radical (unpaired) electrons. The summed E-state index contributed by atoms with van der Waals surface area (Å²) in [7, 11) is -0.190. The Kier molecular flexibility index (Phi) is 13.9. The fourth-order valence-electron chi connectivity index (χ4n) is 11.4. The van der Waals surface area contributed by atoms with Crippen LogP contribution in [0.2, 0.25) is 0 Å². The molecule has 3 aromatic carbocycles. The molecule has 8 heterocycles. The molecule has 0 aliphatic carbocycles. The lowest BCUT2D eigenvalue weighted by Crippen LogP contribution is -2.74. The van der Waals surface area contributed by atoms with E-state index in [1.807, 2.05) is 41.4 Å². The lowest BCUT2D eigenvalue weighted by Gasteiger charge is -2.62. The molecule has 6 aromatic rings. The van der Waals surface area contributed by atoms with E-state index in [9.17, 15) is 27.9 Å². The fourth-order valence-corrected chi connectivity index (χ4v) is 12.3. The van der Waals surface area contributed by atoms with Gasteiger partial charge >= 0.3 is 0 Å². The number of methoxy groups -OCH3 is 1. The van der Waals surface area contributed by atoms with Gasteiger partial charge in [0.05, 0.1) is 64.3 Å². The van der Waals surface area contributed by atoms with Crippen molar-refractivity contribution in [1.82, 2.24) is 44.8 Å². The molecule has 0 bridgehead atoms. The molecule has 6 N–H and O–H groups in total. The number of amides is 3. The van der Waals surface area contributed by atoms with Crippen molar-refractivity contribution < 1.29 is 37.0 Å². The monoisotopic (exact) mass is 1140 g/mol. The average Bonchev–Trinajstić information content (AvgIpc) is 3.89. The predicted octanol–water partition coefficient (Wildman–Crippen LogP) is 5.34. The summed E-state index contributed by atoms with van der Waals surface area (Å²) in [5.74, 6) is -0.0549. The van der Waals surface area contributed by atoms with E-state index in [4.69, 9.17) is 9.72 Å². The number of hydrogen-bond acceptors (Lipinski definition) is 18. The topological polar surface area (TPSA) is 257 Å². The molecule has 3 amide bonds. The maximum absolute atomic E-state index is 15.3. The van der Waals surface area contributed by atoms with Crippen LogP contribution in [0.1, 0.15) is 44.9 Å². The Balaban J connectivity index is 0.687. The number of carbonyl (C=O) groups excluding carboxylic acids is 3. The minimum atomic E-state index is -3.69. The first-order chi connectivity index (χ1) is 36.9. The van der Waals surface area contributed by atoms with E-state index in [1.54, 1.807) is 42.3 Å². The number of carbonyl (C=O) groups is 3. The van der Waals surface area contributed by atoms with Gasteiger partial charge in [0.15, 0.2) is 0 Å². The van der Waals surface area contributed by atoms with Gasteiger partial charge in [-0.1, -0.05) is 0 Å². The molecular formula is C52H59BrFN15O7S. The highest BCUT2D eigenvalue weighted by molar-refractivity contribution is 9.10. The van der Waals surface area contributed by atoms with Gasteiger partial charge in [-0.25, -0.2) is 17.8 Å². The summed E-state index contributed by atoms with van der Waals surface area (Å²) in [5.41, 5.74) is 4.74. The minimum absolute atomic E-state index is 0.0360. The number of aromatic nitrogens is 6. The summed E-state index contributed by atoms with van der Waals surface area (Å²) in [5, 5.41) is 27.9. The molecule has 5 fully saturated rings. The van der Waals surface area contributed by atoms with Crippen molar-refractivity contribution >= 4 is 101 Å². The molecule has 77 heavy (non-hydrogen) atoms. The Morgan fingerprint density at radius 1 is 0.922 bits per heavy atom. The van der Waals surface area contributed by atoms with Crippen molar-refractivity contribution in [1.29, 1.82) is 0 Å².